The van der Waals surface area contributed by atoms with Gasteiger partial charge in [-0.3, -0.25) is 14.4 Å². The molecular formula is C33H43F3N2O3. The number of fused-ring (bicyclic) bond motifs is 4. The summed E-state index contributed by atoms with van der Waals surface area (Å²) in [4.78, 5) is 43.6. The second kappa shape index (κ2) is 7.85. The number of alkyl halides is 3. The van der Waals surface area contributed by atoms with Crippen LogP contribution in [-0.4, -0.2) is 40.6 Å². The number of carbonyl (C=O) groups excluding carboxylic acids is 3. The van der Waals surface area contributed by atoms with E-state index < -0.39 is 57.2 Å². The lowest BCUT2D eigenvalue weighted by molar-refractivity contribution is -0.242. The molecule has 1 saturated heterocycles. The fraction of sp³-hybridized carbons (Fsp3) is 0.818. The summed E-state index contributed by atoms with van der Waals surface area (Å²) in [5.41, 5.74) is -5.44. The Morgan fingerprint density at radius 3 is 2.17 bits per heavy atom. The van der Waals surface area contributed by atoms with Crippen LogP contribution in [0.15, 0.2) is 11.6 Å². The van der Waals surface area contributed by atoms with Crippen LogP contribution in [0.3, 0.4) is 0 Å². The summed E-state index contributed by atoms with van der Waals surface area (Å²) < 4.78 is 42.9. The van der Waals surface area contributed by atoms with Crippen LogP contribution >= 0.6 is 0 Å². The van der Waals surface area contributed by atoms with Crippen LogP contribution in [0, 0.1) is 61.6 Å². The number of likely N-dealkylation sites (tertiary alicyclic amines) is 1. The van der Waals surface area contributed by atoms with E-state index in [1.54, 1.807) is 6.08 Å². The molecule has 5 fully saturated rings. The molecule has 1 amide bonds. The van der Waals surface area contributed by atoms with Crippen molar-refractivity contribution in [1.82, 2.24) is 4.90 Å². The molecule has 2 unspecified atom stereocenters. The number of hydrogen-bond acceptors (Lipinski definition) is 4. The van der Waals surface area contributed by atoms with E-state index in [0.717, 1.165) is 11.3 Å². The summed E-state index contributed by atoms with van der Waals surface area (Å²) in [6, 6.07) is 2.11. The van der Waals surface area contributed by atoms with Gasteiger partial charge in [-0.15, -0.1) is 0 Å². The van der Waals surface area contributed by atoms with Crippen LogP contribution < -0.4 is 0 Å². The van der Waals surface area contributed by atoms with E-state index in [4.69, 9.17) is 0 Å². The normalized spacial score (nSPS) is 47.9. The second-order valence-corrected chi connectivity index (χ2v) is 16.5. The van der Waals surface area contributed by atoms with Crippen LogP contribution in [0.25, 0.3) is 0 Å². The van der Waals surface area contributed by atoms with Crippen molar-refractivity contribution in [3.63, 3.8) is 0 Å². The monoisotopic (exact) mass is 572 g/mol. The molecule has 2 bridgehead atoms. The first kappa shape index (κ1) is 28.9. The Bertz CT molecular complexity index is 1340. The van der Waals surface area contributed by atoms with Crippen molar-refractivity contribution < 1.29 is 27.6 Å². The van der Waals surface area contributed by atoms with Crippen LogP contribution in [0.2, 0.25) is 0 Å². The average Bonchev–Trinajstić information content (AvgIpc) is 2.99. The number of allylic oxidation sites excluding steroid dienone is 2. The van der Waals surface area contributed by atoms with Gasteiger partial charge >= 0.3 is 6.18 Å². The number of amides is 1. The molecule has 1 spiro atoms. The predicted molar refractivity (Wildman–Crippen MR) is 146 cm³/mol. The van der Waals surface area contributed by atoms with Gasteiger partial charge < -0.3 is 4.90 Å². The smallest absolute Gasteiger partial charge is 0.319 e. The van der Waals surface area contributed by atoms with Crippen molar-refractivity contribution in [2.45, 2.75) is 112 Å². The number of nitriles is 1. The second-order valence-electron chi connectivity index (χ2n) is 16.5. The number of hydrogen-bond donors (Lipinski definition) is 0. The van der Waals surface area contributed by atoms with Gasteiger partial charge in [-0.25, -0.2) is 0 Å². The molecule has 0 aromatic carbocycles. The molecule has 5 aliphatic carbocycles. The third-order valence-corrected chi connectivity index (χ3v) is 14.1. The lowest BCUT2D eigenvalue weighted by Crippen LogP contribution is -2.78. The molecule has 224 valence electrons. The maximum absolute atomic E-state index is 15.0. The lowest BCUT2D eigenvalue weighted by atomic mass is 9.30. The summed E-state index contributed by atoms with van der Waals surface area (Å²) in [5, 5.41) is 9.93. The van der Waals surface area contributed by atoms with Crippen molar-refractivity contribution in [2.24, 2.45) is 50.2 Å². The summed E-state index contributed by atoms with van der Waals surface area (Å²) in [5.74, 6) is -1.72. The maximum atomic E-state index is 15.0. The maximum Gasteiger partial charge on any atom is 0.406 e. The van der Waals surface area contributed by atoms with Gasteiger partial charge in [0.2, 0.25) is 5.91 Å². The molecule has 6 rings (SSSR count). The Kier molecular flexibility index (Phi) is 5.54. The van der Waals surface area contributed by atoms with Crippen molar-refractivity contribution >= 4 is 17.5 Å². The zero-order valence-corrected chi connectivity index (χ0v) is 25.4. The predicted octanol–water partition coefficient (Wildman–Crippen LogP) is 6.81. The van der Waals surface area contributed by atoms with E-state index >= 15 is 0 Å². The van der Waals surface area contributed by atoms with Gasteiger partial charge in [-0.2, -0.15) is 18.4 Å². The third kappa shape index (κ3) is 3.12. The first-order valence-electron chi connectivity index (χ1n) is 15.3. The van der Waals surface area contributed by atoms with Gasteiger partial charge in [-0.1, -0.05) is 54.5 Å². The minimum Gasteiger partial charge on any atom is -0.319 e. The van der Waals surface area contributed by atoms with Gasteiger partial charge in [0.1, 0.15) is 18.2 Å². The van der Waals surface area contributed by atoms with E-state index in [2.05, 4.69) is 33.8 Å². The summed E-state index contributed by atoms with van der Waals surface area (Å²) >= 11 is 0. The first-order valence-corrected chi connectivity index (χ1v) is 15.3. The largest absolute Gasteiger partial charge is 0.406 e. The third-order valence-electron chi connectivity index (χ3n) is 14.1. The van der Waals surface area contributed by atoms with Crippen molar-refractivity contribution in [3.05, 3.63) is 11.6 Å². The number of Topliss-reactive ketones (excluding diaryl/α,β-unsaturated/α-hetero) is 2. The van der Waals surface area contributed by atoms with Gasteiger partial charge in [-0.05, 0) is 73.0 Å². The fourth-order valence-electron chi connectivity index (χ4n) is 12.1. The van der Waals surface area contributed by atoms with E-state index in [0.29, 0.717) is 38.5 Å². The van der Waals surface area contributed by atoms with E-state index in [1.807, 2.05) is 20.8 Å². The molecule has 6 aliphatic rings. The molecule has 5 nitrogen and oxygen atoms in total. The highest BCUT2D eigenvalue weighted by atomic mass is 19.4. The molecule has 41 heavy (non-hydrogen) atoms. The molecule has 0 N–H and O–H groups in total. The highest BCUT2D eigenvalue weighted by molar-refractivity contribution is 6.05. The zero-order chi connectivity index (χ0) is 30.4. The zero-order valence-electron chi connectivity index (χ0n) is 25.4. The summed E-state index contributed by atoms with van der Waals surface area (Å²) in [7, 11) is 0. The molecule has 1 heterocycles. The molecule has 4 saturated carbocycles. The quantitative estimate of drug-likeness (QED) is 0.346. The Labute approximate surface area is 241 Å². The van der Waals surface area contributed by atoms with Gasteiger partial charge in [0.05, 0.1) is 11.0 Å². The number of carbonyl (C=O) groups is 3. The number of ketones is 2. The molecule has 0 radical (unpaired) electrons. The van der Waals surface area contributed by atoms with Crippen LogP contribution in [0.4, 0.5) is 13.2 Å². The molecule has 0 aromatic heterocycles. The molecule has 8 atom stereocenters. The number of halogens is 3. The average molecular weight is 573 g/mol. The number of rotatable bonds is 1. The Hall–Kier alpha value is -2.17. The van der Waals surface area contributed by atoms with Crippen LogP contribution in [0.1, 0.15) is 99.8 Å². The lowest BCUT2D eigenvalue weighted by Gasteiger charge is -2.73. The van der Waals surface area contributed by atoms with E-state index in [-0.39, 0.29) is 40.8 Å². The first-order chi connectivity index (χ1) is 18.7. The Morgan fingerprint density at radius 1 is 0.927 bits per heavy atom. The van der Waals surface area contributed by atoms with Gasteiger partial charge in [0.15, 0.2) is 11.6 Å². The van der Waals surface area contributed by atoms with Gasteiger partial charge in [0, 0.05) is 23.2 Å². The molecule has 0 aromatic rings. The van der Waals surface area contributed by atoms with Crippen molar-refractivity contribution in [3.8, 4) is 6.07 Å². The van der Waals surface area contributed by atoms with Gasteiger partial charge in [0.25, 0.3) is 0 Å². The Balaban J connectivity index is 1.59. The minimum absolute atomic E-state index is 0.0488. The van der Waals surface area contributed by atoms with Crippen molar-refractivity contribution in [1.29, 1.82) is 5.26 Å². The standard InChI is InChI=1S/C33H43F3N2O3/c1-26(2)10-12-31-13-11-30(7)29(6)9-8-20-27(3,4)24(40)19(17-37)15-28(20,5)21(29)14-23(39)33(30,22(31)16-26)38(25(31)41)18-32(34,35)36/h15,20-22H,8-14,16,18H2,1-7H3/t20-,21+,22?,28-,29+,30-,31?,33+/m1/s1. The van der Waals surface area contributed by atoms with Crippen LogP contribution in [0.5, 0.6) is 0 Å². The highest BCUT2D eigenvalue weighted by Crippen LogP contribution is 2.80. The topological polar surface area (TPSA) is 78.2 Å². The highest BCUT2D eigenvalue weighted by Gasteiger charge is 2.84. The van der Waals surface area contributed by atoms with E-state index in [9.17, 15) is 32.8 Å². The summed E-state index contributed by atoms with van der Waals surface area (Å²) in [6.45, 7) is 12.8. The van der Waals surface area contributed by atoms with Crippen molar-refractivity contribution in [2.75, 3.05) is 6.54 Å². The fourth-order valence-corrected chi connectivity index (χ4v) is 12.1. The summed E-state index contributed by atoms with van der Waals surface area (Å²) in [6.07, 6.45) is 1.39. The molecule has 8 heteroatoms. The van der Waals surface area contributed by atoms with E-state index in [1.165, 1.54) is 0 Å². The molecule has 1 aliphatic heterocycles. The Morgan fingerprint density at radius 2 is 1.56 bits per heavy atom. The minimum atomic E-state index is -4.63. The molecular weight excluding hydrogens is 529 g/mol. The van der Waals surface area contributed by atoms with Crippen LogP contribution in [-0.2, 0) is 14.4 Å². The number of nitrogens with zero attached hydrogens (tertiary/aromatic N) is 2. The SMILES string of the molecule is CC1(C)CCC23CC[C@]4(C)[C@@]5(C)CC[C@@H]6C(C)(C)C(=O)C(C#N)=C[C@@]6(C)[C@@H]5CC(=O)[C@]4(C2C1)N(CC(F)(F)F)C3=O.